The van der Waals surface area contributed by atoms with Crippen LogP contribution in [0.4, 0.5) is 0 Å². The van der Waals surface area contributed by atoms with Crippen LogP contribution in [0.3, 0.4) is 0 Å². The maximum Gasteiger partial charge on any atom is -0.0348 e. The van der Waals surface area contributed by atoms with E-state index in [9.17, 15) is 0 Å². The fourth-order valence-electron chi connectivity index (χ4n) is 1.72. The van der Waals surface area contributed by atoms with Gasteiger partial charge in [-0.05, 0) is 37.5 Å². The average molecular weight is 182 g/mol. The fraction of sp³-hybridized carbons (Fsp3) is 0.846. The lowest BCUT2D eigenvalue weighted by molar-refractivity contribution is 0.261. The Balaban J connectivity index is 3.74. The Morgan fingerprint density at radius 2 is 1.69 bits per heavy atom. The van der Waals surface area contributed by atoms with Crippen LogP contribution in [0.25, 0.3) is 0 Å². The van der Waals surface area contributed by atoms with Crippen LogP contribution in [0, 0.1) is 17.8 Å². The van der Waals surface area contributed by atoms with Gasteiger partial charge in [0, 0.05) is 0 Å². The molecule has 3 atom stereocenters. The van der Waals surface area contributed by atoms with Crippen molar-refractivity contribution in [2.75, 3.05) is 0 Å². The van der Waals surface area contributed by atoms with Gasteiger partial charge in [0.2, 0.25) is 0 Å². The molecule has 0 nitrogen and oxygen atoms in total. The Hall–Kier alpha value is -0.260. The highest BCUT2D eigenvalue weighted by molar-refractivity contribution is 4.78. The summed E-state index contributed by atoms with van der Waals surface area (Å²) in [4.78, 5) is 0. The van der Waals surface area contributed by atoms with Crippen molar-refractivity contribution >= 4 is 0 Å². The highest BCUT2D eigenvalue weighted by Gasteiger charge is 2.16. The molecule has 0 radical (unpaired) electrons. The van der Waals surface area contributed by atoms with Gasteiger partial charge in [-0.1, -0.05) is 46.3 Å². The highest BCUT2D eigenvalue weighted by atomic mass is 14.2. The van der Waals surface area contributed by atoms with E-state index in [2.05, 4.69) is 46.8 Å². The molecule has 0 bridgehead atoms. The zero-order chi connectivity index (χ0) is 10.3. The van der Waals surface area contributed by atoms with Crippen LogP contribution >= 0.6 is 0 Å². The first kappa shape index (κ1) is 12.7. The van der Waals surface area contributed by atoms with Crippen molar-refractivity contribution in [3.63, 3.8) is 0 Å². The molecule has 0 saturated carbocycles. The van der Waals surface area contributed by atoms with Crippen LogP contribution in [0.5, 0.6) is 0 Å². The molecule has 0 N–H and O–H groups in total. The van der Waals surface area contributed by atoms with E-state index >= 15 is 0 Å². The van der Waals surface area contributed by atoms with Gasteiger partial charge in [-0.2, -0.15) is 0 Å². The van der Waals surface area contributed by atoms with Crippen LogP contribution in [0.1, 0.15) is 53.9 Å². The SMILES string of the molecule is CC=CCCC(C)C(C)C(C)CC. The maximum atomic E-state index is 2.40. The van der Waals surface area contributed by atoms with Crippen LogP contribution in [-0.4, -0.2) is 0 Å². The molecule has 3 unspecified atom stereocenters. The Morgan fingerprint density at radius 1 is 1.08 bits per heavy atom. The summed E-state index contributed by atoms with van der Waals surface area (Å²) in [5.74, 6) is 2.61. The van der Waals surface area contributed by atoms with E-state index in [0.29, 0.717) is 0 Å². The van der Waals surface area contributed by atoms with E-state index in [1.165, 1.54) is 19.3 Å². The lowest BCUT2D eigenvalue weighted by Crippen LogP contribution is -2.15. The molecule has 0 rings (SSSR count). The van der Waals surface area contributed by atoms with Gasteiger partial charge in [0.25, 0.3) is 0 Å². The number of allylic oxidation sites excluding steroid dienone is 2. The predicted molar refractivity (Wildman–Crippen MR) is 61.8 cm³/mol. The summed E-state index contributed by atoms with van der Waals surface area (Å²) in [6, 6.07) is 0. The van der Waals surface area contributed by atoms with Crippen molar-refractivity contribution in [2.24, 2.45) is 17.8 Å². The molecule has 0 aliphatic carbocycles. The molecule has 0 aliphatic heterocycles. The highest BCUT2D eigenvalue weighted by Crippen LogP contribution is 2.26. The molecule has 0 fully saturated rings. The van der Waals surface area contributed by atoms with E-state index in [-0.39, 0.29) is 0 Å². The Bertz CT molecular complexity index is 135. The van der Waals surface area contributed by atoms with Gasteiger partial charge in [0.05, 0.1) is 0 Å². The van der Waals surface area contributed by atoms with Gasteiger partial charge >= 0.3 is 0 Å². The van der Waals surface area contributed by atoms with Crippen LogP contribution in [0.15, 0.2) is 12.2 Å². The summed E-state index contributed by atoms with van der Waals surface area (Å²) in [5, 5.41) is 0. The van der Waals surface area contributed by atoms with Gasteiger partial charge in [-0.3, -0.25) is 0 Å². The van der Waals surface area contributed by atoms with Gasteiger partial charge in [-0.25, -0.2) is 0 Å². The Labute approximate surface area is 84.4 Å². The maximum absolute atomic E-state index is 2.40. The van der Waals surface area contributed by atoms with Crippen molar-refractivity contribution in [1.82, 2.24) is 0 Å². The molecule has 0 aliphatic rings. The second-order valence-electron chi connectivity index (χ2n) is 4.37. The van der Waals surface area contributed by atoms with Crippen LogP contribution < -0.4 is 0 Å². The van der Waals surface area contributed by atoms with Crippen molar-refractivity contribution in [3.8, 4) is 0 Å². The lowest BCUT2D eigenvalue weighted by atomic mass is 9.81. The average Bonchev–Trinajstić information content (AvgIpc) is 2.15. The standard InChI is InChI=1S/C13H26/c1-6-8-9-10-12(4)13(5)11(3)7-2/h6,8,11-13H,7,9-10H2,1-5H3. The molecule has 0 aromatic carbocycles. The first-order valence-corrected chi connectivity index (χ1v) is 5.74. The third-order valence-corrected chi connectivity index (χ3v) is 3.46. The zero-order valence-electron chi connectivity index (χ0n) is 10.0. The molecule has 0 heterocycles. The van der Waals surface area contributed by atoms with Crippen LogP contribution in [-0.2, 0) is 0 Å². The lowest BCUT2D eigenvalue weighted by Gasteiger charge is -2.24. The molecule has 0 heteroatoms. The normalized spacial score (nSPS) is 18.8. The molecule has 0 aromatic rings. The van der Waals surface area contributed by atoms with Crippen molar-refractivity contribution in [3.05, 3.63) is 12.2 Å². The second kappa shape index (κ2) is 7.17. The first-order chi connectivity index (χ1) is 6.13. The Morgan fingerprint density at radius 3 is 2.15 bits per heavy atom. The summed E-state index contributed by atoms with van der Waals surface area (Å²) in [6.45, 7) is 11.5. The molecule has 78 valence electrons. The first-order valence-electron chi connectivity index (χ1n) is 5.74. The predicted octanol–water partition coefficient (Wildman–Crippen LogP) is 4.66. The molecule has 0 spiro atoms. The molecular weight excluding hydrogens is 156 g/mol. The van der Waals surface area contributed by atoms with Gasteiger partial charge in [0.15, 0.2) is 0 Å². The summed E-state index contributed by atoms with van der Waals surface area (Å²) in [5.41, 5.74) is 0. The van der Waals surface area contributed by atoms with Crippen molar-refractivity contribution in [2.45, 2.75) is 53.9 Å². The molecular formula is C13H26. The molecule has 13 heavy (non-hydrogen) atoms. The monoisotopic (exact) mass is 182 g/mol. The topological polar surface area (TPSA) is 0 Å². The summed E-state index contributed by atoms with van der Waals surface area (Å²) in [7, 11) is 0. The number of hydrogen-bond donors (Lipinski definition) is 0. The molecule has 0 aromatic heterocycles. The largest absolute Gasteiger partial charge is 0.0917 e. The van der Waals surface area contributed by atoms with Crippen LogP contribution in [0.2, 0.25) is 0 Å². The van der Waals surface area contributed by atoms with E-state index in [0.717, 1.165) is 17.8 Å². The summed E-state index contributed by atoms with van der Waals surface area (Å²) in [6.07, 6.45) is 8.34. The van der Waals surface area contributed by atoms with Crippen molar-refractivity contribution in [1.29, 1.82) is 0 Å². The van der Waals surface area contributed by atoms with E-state index in [4.69, 9.17) is 0 Å². The minimum absolute atomic E-state index is 0.867. The van der Waals surface area contributed by atoms with E-state index < -0.39 is 0 Å². The van der Waals surface area contributed by atoms with Gasteiger partial charge in [0.1, 0.15) is 0 Å². The molecule has 0 amide bonds. The smallest absolute Gasteiger partial charge is 0.0348 e. The van der Waals surface area contributed by atoms with E-state index in [1.807, 2.05) is 0 Å². The number of rotatable bonds is 6. The Kier molecular flexibility index (Phi) is 7.03. The molecule has 0 saturated heterocycles. The minimum atomic E-state index is 0.867. The van der Waals surface area contributed by atoms with E-state index in [1.54, 1.807) is 0 Å². The van der Waals surface area contributed by atoms with Gasteiger partial charge in [-0.15, -0.1) is 0 Å². The number of hydrogen-bond acceptors (Lipinski definition) is 0. The zero-order valence-corrected chi connectivity index (χ0v) is 10.0. The third-order valence-electron chi connectivity index (χ3n) is 3.46. The minimum Gasteiger partial charge on any atom is -0.0917 e. The van der Waals surface area contributed by atoms with Gasteiger partial charge < -0.3 is 0 Å². The quantitative estimate of drug-likeness (QED) is 0.524. The fourth-order valence-corrected chi connectivity index (χ4v) is 1.72. The summed E-state index contributed by atoms with van der Waals surface area (Å²) >= 11 is 0. The second-order valence-corrected chi connectivity index (χ2v) is 4.37. The summed E-state index contributed by atoms with van der Waals surface area (Å²) < 4.78 is 0. The third kappa shape index (κ3) is 5.13. The van der Waals surface area contributed by atoms with Crippen molar-refractivity contribution < 1.29 is 0 Å².